The lowest BCUT2D eigenvalue weighted by atomic mass is 9.86. The molecule has 2 atom stereocenters. The maximum Gasteiger partial charge on any atom is 0.0763 e. The molecule has 1 rings (SSSR count). The summed E-state index contributed by atoms with van der Waals surface area (Å²) >= 11 is 0. The van der Waals surface area contributed by atoms with Gasteiger partial charge in [-0.15, -0.1) is 0 Å². The van der Waals surface area contributed by atoms with Crippen molar-refractivity contribution in [2.45, 2.75) is 65.0 Å². The highest BCUT2D eigenvalue weighted by atomic mass is 16.5. The van der Waals surface area contributed by atoms with Crippen LogP contribution in [-0.2, 0) is 10.2 Å². The molecular weight excluding hydrogens is 246 g/mol. The first-order valence-electron chi connectivity index (χ1n) is 7.80. The minimum absolute atomic E-state index is 0.205. The van der Waals surface area contributed by atoms with Crippen LogP contribution in [0.25, 0.3) is 0 Å². The monoisotopic (exact) mass is 277 g/mol. The maximum atomic E-state index is 5.65. The van der Waals surface area contributed by atoms with Gasteiger partial charge in [-0.3, -0.25) is 0 Å². The standard InChI is InChI=1S/C18H31NO/c1-7-13-19-17(16(8-2)20-6)14-9-11-15(12-10-14)18(3,4)5/h9-12,16-17,19H,7-8,13H2,1-6H3. The molecule has 1 aromatic carbocycles. The second-order valence-electron chi connectivity index (χ2n) is 6.49. The van der Waals surface area contributed by atoms with E-state index in [9.17, 15) is 0 Å². The SMILES string of the molecule is CCCNC(c1ccc(C(C)(C)C)cc1)C(CC)OC. The Balaban J connectivity index is 2.95. The number of methoxy groups -OCH3 is 1. The van der Waals surface area contributed by atoms with E-state index >= 15 is 0 Å². The molecule has 0 aliphatic carbocycles. The minimum Gasteiger partial charge on any atom is -0.379 e. The average molecular weight is 277 g/mol. The van der Waals surface area contributed by atoms with Gasteiger partial charge in [-0.25, -0.2) is 0 Å². The number of ether oxygens (including phenoxy) is 1. The van der Waals surface area contributed by atoms with E-state index in [1.54, 1.807) is 7.11 Å². The molecule has 2 unspecified atom stereocenters. The Kier molecular flexibility index (Phi) is 6.70. The summed E-state index contributed by atoms with van der Waals surface area (Å²) in [5.74, 6) is 0. The summed E-state index contributed by atoms with van der Waals surface area (Å²) in [5, 5.41) is 3.62. The van der Waals surface area contributed by atoms with E-state index in [2.05, 4.69) is 64.2 Å². The van der Waals surface area contributed by atoms with Gasteiger partial charge in [0.1, 0.15) is 0 Å². The molecule has 0 aliphatic rings. The van der Waals surface area contributed by atoms with Crippen molar-refractivity contribution in [1.82, 2.24) is 5.32 Å². The van der Waals surface area contributed by atoms with Crippen molar-refractivity contribution in [3.05, 3.63) is 35.4 Å². The van der Waals surface area contributed by atoms with Crippen LogP contribution in [0.4, 0.5) is 0 Å². The molecule has 114 valence electrons. The highest BCUT2D eigenvalue weighted by Gasteiger charge is 2.21. The fourth-order valence-corrected chi connectivity index (χ4v) is 2.49. The van der Waals surface area contributed by atoms with Crippen LogP contribution >= 0.6 is 0 Å². The van der Waals surface area contributed by atoms with Gasteiger partial charge in [0.15, 0.2) is 0 Å². The number of rotatable bonds is 7. The highest BCUT2D eigenvalue weighted by molar-refractivity contribution is 5.29. The van der Waals surface area contributed by atoms with Crippen molar-refractivity contribution in [2.24, 2.45) is 0 Å². The molecule has 0 amide bonds. The molecule has 1 aromatic rings. The topological polar surface area (TPSA) is 21.3 Å². The van der Waals surface area contributed by atoms with Crippen LogP contribution in [0.3, 0.4) is 0 Å². The van der Waals surface area contributed by atoms with E-state index in [-0.39, 0.29) is 17.6 Å². The summed E-state index contributed by atoms with van der Waals surface area (Å²) < 4.78 is 5.65. The third kappa shape index (κ3) is 4.60. The smallest absolute Gasteiger partial charge is 0.0763 e. The number of nitrogens with one attached hydrogen (secondary N) is 1. The van der Waals surface area contributed by atoms with Gasteiger partial charge in [0.05, 0.1) is 12.1 Å². The first kappa shape index (κ1) is 17.2. The van der Waals surface area contributed by atoms with Crippen LogP contribution in [0.15, 0.2) is 24.3 Å². The zero-order valence-corrected chi connectivity index (χ0v) is 14.0. The van der Waals surface area contributed by atoms with Gasteiger partial charge in [0.25, 0.3) is 0 Å². The molecule has 0 saturated heterocycles. The third-order valence-electron chi connectivity index (χ3n) is 3.83. The van der Waals surface area contributed by atoms with E-state index in [4.69, 9.17) is 4.74 Å². The van der Waals surface area contributed by atoms with Crippen LogP contribution in [0, 0.1) is 0 Å². The van der Waals surface area contributed by atoms with E-state index in [0.717, 1.165) is 19.4 Å². The summed E-state index contributed by atoms with van der Waals surface area (Å²) in [4.78, 5) is 0. The van der Waals surface area contributed by atoms with Gasteiger partial charge in [0.2, 0.25) is 0 Å². The molecule has 0 aliphatic heterocycles. The predicted octanol–water partition coefficient (Wildman–Crippen LogP) is 4.45. The van der Waals surface area contributed by atoms with Crippen molar-refractivity contribution >= 4 is 0 Å². The molecule has 1 N–H and O–H groups in total. The lowest BCUT2D eigenvalue weighted by Gasteiger charge is -2.27. The van der Waals surface area contributed by atoms with Crippen LogP contribution in [0.1, 0.15) is 64.6 Å². The largest absolute Gasteiger partial charge is 0.379 e. The first-order chi connectivity index (χ1) is 9.43. The molecule has 0 bridgehead atoms. The van der Waals surface area contributed by atoms with Crippen LogP contribution in [0.5, 0.6) is 0 Å². The van der Waals surface area contributed by atoms with Gasteiger partial charge < -0.3 is 10.1 Å². The molecule has 20 heavy (non-hydrogen) atoms. The van der Waals surface area contributed by atoms with Crippen LogP contribution in [0.2, 0.25) is 0 Å². The molecule has 2 nitrogen and oxygen atoms in total. The normalized spacial score (nSPS) is 15.1. The van der Waals surface area contributed by atoms with Crippen LogP contribution < -0.4 is 5.32 Å². The molecule has 0 radical (unpaired) electrons. The van der Waals surface area contributed by atoms with Crippen molar-refractivity contribution in [3.8, 4) is 0 Å². The second-order valence-corrected chi connectivity index (χ2v) is 6.49. The summed E-state index contributed by atoms with van der Waals surface area (Å²) in [6.45, 7) is 12.1. The Bertz CT molecular complexity index is 373. The molecule has 2 heteroatoms. The number of hydrogen-bond acceptors (Lipinski definition) is 2. The Morgan fingerprint density at radius 3 is 2.10 bits per heavy atom. The molecule has 0 spiro atoms. The Morgan fingerprint density at radius 2 is 1.70 bits per heavy atom. The van der Waals surface area contributed by atoms with E-state index in [1.165, 1.54) is 11.1 Å². The summed E-state index contributed by atoms with van der Waals surface area (Å²) in [6, 6.07) is 9.26. The first-order valence-corrected chi connectivity index (χ1v) is 7.80. The van der Waals surface area contributed by atoms with Crippen molar-refractivity contribution < 1.29 is 4.74 Å². The zero-order chi connectivity index (χ0) is 15.2. The van der Waals surface area contributed by atoms with Gasteiger partial charge in [0, 0.05) is 7.11 Å². The van der Waals surface area contributed by atoms with Gasteiger partial charge in [-0.1, -0.05) is 58.9 Å². The van der Waals surface area contributed by atoms with Gasteiger partial charge in [-0.05, 0) is 35.9 Å². The van der Waals surface area contributed by atoms with E-state index in [0.29, 0.717) is 0 Å². The van der Waals surface area contributed by atoms with Crippen molar-refractivity contribution in [3.63, 3.8) is 0 Å². The molecule has 0 saturated carbocycles. The minimum atomic E-state index is 0.205. The quantitative estimate of drug-likeness (QED) is 0.795. The summed E-state index contributed by atoms with van der Waals surface area (Å²) in [6.07, 6.45) is 2.37. The Hall–Kier alpha value is -0.860. The van der Waals surface area contributed by atoms with Crippen molar-refractivity contribution in [2.75, 3.05) is 13.7 Å². The van der Waals surface area contributed by atoms with E-state index < -0.39 is 0 Å². The molecule has 0 aromatic heterocycles. The predicted molar refractivity (Wildman–Crippen MR) is 87.3 cm³/mol. The second kappa shape index (κ2) is 7.80. The highest BCUT2D eigenvalue weighted by Crippen LogP contribution is 2.26. The molecule has 0 heterocycles. The average Bonchev–Trinajstić information content (AvgIpc) is 2.43. The lowest BCUT2D eigenvalue weighted by Crippen LogP contribution is -2.33. The Labute approximate surface area is 124 Å². The Morgan fingerprint density at radius 1 is 1.10 bits per heavy atom. The zero-order valence-electron chi connectivity index (χ0n) is 14.0. The fraction of sp³-hybridized carbons (Fsp3) is 0.667. The van der Waals surface area contributed by atoms with Gasteiger partial charge >= 0.3 is 0 Å². The maximum absolute atomic E-state index is 5.65. The lowest BCUT2D eigenvalue weighted by molar-refractivity contribution is 0.0651. The van der Waals surface area contributed by atoms with E-state index in [1.807, 2.05) is 0 Å². The fourth-order valence-electron chi connectivity index (χ4n) is 2.49. The van der Waals surface area contributed by atoms with Crippen molar-refractivity contribution in [1.29, 1.82) is 0 Å². The van der Waals surface area contributed by atoms with Gasteiger partial charge in [-0.2, -0.15) is 0 Å². The molecular formula is C18H31NO. The third-order valence-corrected chi connectivity index (χ3v) is 3.83. The summed E-state index contributed by atoms with van der Waals surface area (Å²) in [7, 11) is 1.80. The molecule has 0 fully saturated rings. The van der Waals surface area contributed by atoms with Crippen LogP contribution in [-0.4, -0.2) is 19.8 Å². The number of benzene rings is 1. The summed E-state index contributed by atoms with van der Waals surface area (Å²) in [5.41, 5.74) is 2.90. The number of hydrogen-bond donors (Lipinski definition) is 1.